The first kappa shape index (κ1) is 14.3. The summed E-state index contributed by atoms with van der Waals surface area (Å²) in [6.45, 7) is 2.46. The number of nitrogens with two attached hydrogens (primary N) is 1. The van der Waals surface area contributed by atoms with Gasteiger partial charge in [0.15, 0.2) is 0 Å². The number of nitrogens with zero attached hydrogens (tertiary/aromatic N) is 4. The van der Waals surface area contributed by atoms with Crippen molar-refractivity contribution < 1.29 is 0 Å². The molecule has 0 saturated carbocycles. The lowest BCUT2D eigenvalue weighted by Crippen LogP contribution is -2.23. The Morgan fingerprint density at radius 2 is 2.15 bits per heavy atom. The largest absolute Gasteiger partial charge is 0.398 e. The molecule has 2 aromatic heterocycles. The van der Waals surface area contributed by atoms with Crippen molar-refractivity contribution in [1.82, 2.24) is 19.2 Å². The number of hydrogen-bond donors (Lipinski definition) is 1. The van der Waals surface area contributed by atoms with Gasteiger partial charge in [-0.25, -0.2) is 0 Å². The molecular weight excluding hydrogens is 254 g/mol. The number of hydrogen-bond acceptors (Lipinski definition) is 4. The molecule has 0 aliphatic carbocycles. The monoisotopic (exact) mass is 275 g/mol. The lowest BCUT2D eigenvalue weighted by molar-refractivity contribution is 0.313. The number of aromatic nitrogens is 3. The second kappa shape index (κ2) is 6.38. The zero-order chi connectivity index (χ0) is 14.5. The van der Waals surface area contributed by atoms with E-state index in [-0.39, 0.29) is 5.56 Å². The van der Waals surface area contributed by atoms with Crippen LogP contribution in [-0.4, -0.2) is 32.8 Å². The maximum Gasteiger partial charge on any atom is 0.250 e. The van der Waals surface area contributed by atoms with E-state index in [2.05, 4.69) is 17.0 Å². The molecule has 6 heteroatoms. The van der Waals surface area contributed by atoms with Gasteiger partial charge in [-0.15, -0.1) is 0 Å². The zero-order valence-corrected chi connectivity index (χ0v) is 12.0. The third kappa shape index (κ3) is 3.96. The highest BCUT2D eigenvalue weighted by Crippen LogP contribution is 2.03. The van der Waals surface area contributed by atoms with Crippen LogP contribution in [0.1, 0.15) is 12.0 Å². The van der Waals surface area contributed by atoms with Crippen molar-refractivity contribution in [3.8, 4) is 0 Å². The van der Waals surface area contributed by atoms with Gasteiger partial charge in [0.2, 0.25) is 0 Å². The molecule has 20 heavy (non-hydrogen) atoms. The molecule has 0 aliphatic rings. The SMILES string of the molecule is CN(CCCn1cc(N)ccc1=O)Cc1cnn(C)c1. The molecule has 0 bridgehead atoms. The number of nitrogen functional groups attached to an aromatic ring is 1. The summed E-state index contributed by atoms with van der Waals surface area (Å²) in [7, 11) is 3.98. The van der Waals surface area contributed by atoms with Gasteiger partial charge < -0.3 is 15.2 Å². The first-order valence-corrected chi connectivity index (χ1v) is 6.66. The van der Waals surface area contributed by atoms with Crippen molar-refractivity contribution in [2.45, 2.75) is 19.5 Å². The second-order valence-electron chi connectivity index (χ2n) is 5.11. The maximum atomic E-state index is 11.6. The molecule has 0 atom stereocenters. The molecule has 0 fully saturated rings. The van der Waals surface area contributed by atoms with Crippen LogP contribution in [0.5, 0.6) is 0 Å². The third-order valence-electron chi connectivity index (χ3n) is 3.16. The van der Waals surface area contributed by atoms with Gasteiger partial charge in [-0.1, -0.05) is 0 Å². The summed E-state index contributed by atoms with van der Waals surface area (Å²) in [5.41, 5.74) is 7.49. The van der Waals surface area contributed by atoms with E-state index in [1.54, 1.807) is 21.5 Å². The van der Waals surface area contributed by atoms with Crippen LogP contribution in [0.4, 0.5) is 5.69 Å². The Labute approximate surface area is 118 Å². The molecule has 2 rings (SSSR count). The molecule has 0 spiro atoms. The van der Waals surface area contributed by atoms with Gasteiger partial charge in [0.1, 0.15) is 0 Å². The standard InChI is InChI=1S/C14H21N5O/c1-17(9-12-8-16-18(2)10-12)6-3-7-19-11-13(15)4-5-14(19)20/h4-5,8,10-11H,3,6-7,9,15H2,1-2H3. The topological polar surface area (TPSA) is 69.1 Å². The van der Waals surface area contributed by atoms with Crippen molar-refractivity contribution in [3.63, 3.8) is 0 Å². The Balaban J connectivity index is 1.80. The summed E-state index contributed by atoms with van der Waals surface area (Å²) < 4.78 is 3.46. The van der Waals surface area contributed by atoms with Gasteiger partial charge in [0, 0.05) is 49.8 Å². The average molecular weight is 275 g/mol. The van der Waals surface area contributed by atoms with E-state index in [0.29, 0.717) is 12.2 Å². The highest BCUT2D eigenvalue weighted by Gasteiger charge is 2.03. The first-order chi connectivity index (χ1) is 9.54. The van der Waals surface area contributed by atoms with Crippen LogP contribution in [0.15, 0.2) is 35.5 Å². The molecule has 0 aromatic carbocycles. The number of aryl methyl sites for hydroxylation is 2. The molecule has 2 N–H and O–H groups in total. The van der Waals surface area contributed by atoms with Gasteiger partial charge in [0.25, 0.3) is 5.56 Å². The van der Waals surface area contributed by atoms with Crippen molar-refractivity contribution in [2.75, 3.05) is 19.3 Å². The number of rotatable bonds is 6. The number of pyridine rings is 1. The average Bonchev–Trinajstić information content (AvgIpc) is 2.79. The molecule has 2 heterocycles. The first-order valence-electron chi connectivity index (χ1n) is 6.66. The number of anilines is 1. The van der Waals surface area contributed by atoms with E-state index in [1.807, 2.05) is 19.4 Å². The second-order valence-corrected chi connectivity index (χ2v) is 5.11. The van der Waals surface area contributed by atoms with E-state index in [1.165, 1.54) is 11.6 Å². The Morgan fingerprint density at radius 1 is 1.35 bits per heavy atom. The molecule has 0 unspecified atom stereocenters. The minimum Gasteiger partial charge on any atom is -0.398 e. The fraction of sp³-hybridized carbons (Fsp3) is 0.429. The third-order valence-corrected chi connectivity index (χ3v) is 3.16. The van der Waals surface area contributed by atoms with Crippen LogP contribution in [0.3, 0.4) is 0 Å². The minimum absolute atomic E-state index is 0.00545. The summed E-state index contributed by atoms with van der Waals surface area (Å²) in [4.78, 5) is 13.8. The van der Waals surface area contributed by atoms with Gasteiger partial charge in [0.05, 0.1) is 6.20 Å². The van der Waals surface area contributed by atoms with Crippen LogP contribution in [-0.2, 0) is 20.1 Å². The summed E-state index contributed by atoms with van der Waals surface area (Å²) in [6.07, 6.45) is 6.49. The lowest BCUT2D eigenvalue weighted by Gasteiger charge is -2.15. The normalized spacial score (nSPS) is 11.2. The van der Waals surface area contributed by atoms with Crippen molar-refractivity contribution in [3.05, 3.63) is 46.6 Å². The van der Waals surface area contributed by atoms with E-state index in [0.717, 1.165) is 19.5 Å². The van der Waals surface area contributed by atoms with Gasteiger partial charge >= 0.3 is 0 Å². The quantitative estimate of drug-likeness (QED) is 0.842. The van der Waals surface area contributed by atoms with E-state index in [9.17, 15) is 4.79 Å². The van der Waals surface area contributed by atoms with Crippen LogP contribution in [0.2, 0.25) is 0 Å². The summed E-state index contributed by atoms with van der Waals surface area (Å²) in [5, 5.41) is 4.15. The molecule has 2 aromatic rings. The Hall–Kier alpha value is -2.08. The van der Waals surface area contributed by atoms with Crippen molar-refractivity contribution >= 4 is 5.69 Å². The molecular formula is C14H21N5O. The molecule has 6 nitrogen and oxygen atoms in total. The maximum absolute atomic E-state index is 11.6. The van der Waals surface area contributed by atoms with Gasteiger partial charge in [-0.2, -0.15) is 5.10 Å². The van der Waals surface area contributed by atoms with Crippen molar-refractivity contribution in [1.29, 1.82) is 0 Å². The summed E-state index contributed by atoms with van der Waals surface area (Å²) in [6, 6.07) is 3.14. The predicted molar refractivity (Wildman–Crippen MR) is 79.3 cm³/mol. The van der Waals surface area contributed by atoms with Crippen LogP contribution < -0.4 is 11.3 Å². The highest BCUT2D eigenvalue weighted by atomic mass is 16.1. The van der Waals surface area contributed by atoms with Crippen LogP contribution in [0, 0.1) is 0 Å². The highest BCUT2D eigenvalue weighted by molar-refractivity contribution is 5.33. The Morgan fingerprint density at radius 3 is 2.85 bits per heavy atom. The zero-order valence-electron chi connectivity index (χ0n) is 12.0. The van der Waals surface area contributed by atoms with Crippen molar-refractivity contribution in [2.24, 2.45) is 7.05 Å². The Kier molecular flexibility index (Phi) is 4.57. The summed E-state index contributed by atoms with van der Waals surface area (Å²) >= 11 is 0. The predicted octanol–water partition coefficient (Wildman–Crippen LogP) is 0.686. The fourth-order valence-electron chi connectivity index (χ4n) is 2.18. The minimum atomic E-state index is -0.00545. The molecule has 0 saturated heterocycles. The summed E-state index contributed by atoms with van der Waals surface area (Å²) in [5.74, 6) is 0. The smallest absolute Gasteiger partial charge is 0.250 e. The molecule has 108 valence electrons. The van der Waals surface area contributed by atoms with Crippen LogP contribution >= 0.6 is 0 Å². The Bertz CT molecular complexity index is 616. The van der Waals surface area contributed by atoms with Crippen LogP contribution in [0.25, 0.3) is 0 Å². The molecule has 0 amide bonds. The van der Waals surface area contributed by atoms with E-state index < -0.39 is 0 Å². The lowest BCUT2D eigenvalue weighted by atomic mass is 10.3. The van der Waals surface area contributed by atoms with Gasteiger partial charge in [-0.05, 0) is 26.1 Å². The fourth-order valence-corrected chi connectivity index (χ4v) is 2.18. The van der Waals surface area contributed by atoms with Gasteiger partial charge in [-0.3, -0.25) is 9.48 Å². The molecule has 0 radical (unpaired) electrons. The molecule has 0 aliphatic heterocycles. The van der Waals surface area contributed by atoms with E-state index in [4.69, 9.17) is 5.73 Å². The van der Waals surface area contributed by atoms with E-state index >= 15 is 0 Å².